The van der Waals surface area contributed by atoms with Crippen LogP contribution in [0.5, 0.6) is 0 Å². The summed E-state index contributed by atoms with van der Waals surface area (Å²) in [6.45, 7) is 10.3. The van der Waals surface area contributed by atoms with Crippen LogP contribution in [-0.2, 0) is 0 Å². The van der Waals surface area contributed by atoms with Crippen molar-refractivity contribution >= 4 is 35.6 Å². The Morgan fingerprint density at radius 3 is 2.54 bits per heavy atom. The molecule has 1 N–H and O–H groups in total. The van der Waals surface area contributed by atoms with Gasteiger partial charge in [-0.3, -0.25) is 4.99 Å². The van der Waals surface area contributed by atoms with E-state index >= 15 is 0 Å². The number of nitrogens with one attached hydrogen (secondary N) is 1. The minimum absolute atomic E-state index is 0. The van der Waals surface area contributed by atoms with E-state index in [9.17, 15) is 0 Å². The summed E-state index contributed by atoms with van der Waals surface area (Å²) in [5.41, 5.74) is 1.35. The first-order valence-electron chi connectivity index (χ1n) is 9.91. The number of halogens is 1. The summed E-state index contributed by atoms with van der Waals surface area (Å²) in [5.74, 6) is 3.43. The Balaban J connectivity index is 0.00000243. The molecule has 1 aromatic rings. The number of hydrogen-bond acceptors (Lipinski definition) is 2. The number of benzene rings is 1. The molecule has 26 heavy (non-hydrogen) atoms. The van der Waals surface area contributed by atoms with Gasteiger partial charge in [0.1, 0.15) is 0 Å². The normalized spacial score (nSPS) is 23.5. The lowest BCUT2D eigenvalue weighted by atomic mass is 9.97. The zero-order valence-electron chi connectivity index (χ0n) is 16.5. The summed E-state index contributed by atoms with van der Waals surface area (Å²) in [4.78, 5) is 9.50. The molecule has 4 nitrogen and oxygen atoms in total. The molecule has 0 bridgehead atoms. The molecule has 2 saturated heterocycles. The molecule has 5 heteroatoms. The molecule has 1 aromatic carbocycles. The number of para-hydroxylation sites is 1. The summed E-state index contributed by atoms with van der Waals surface area (Å²) >= 11 is 0. The Morgan fingerprint density at radius 2 is 1.85 bits per heavy atom. The number of guanidine groups is 1. The Labute approximate surface area is 176 Å². The van der Waals surface area contributed by atoms with Crippen LogP contribution in [0.1, 0.15) is 33.1 Å². The van der Waals surface area contributed by atoms with Gasteiger partial charge in [0.2, 0.25) is 0 Å². The predicted octanol–water partition coefficient (Wildman–Crippen LogP) is 4.07. The zero-order valence-corrected chi connectivity index (χ0v) is 18.9. The Kier molecular flexibility index (Phi) is 8.51. The minimum Gasteiger partial charge on any atom is -0.371 e. The van der Waals surface area contributed by atoms with E-state index in [1.165, 1.54) is 31.5 Å². The quantitative estimate of drug-likeness (QED) is 0.400. The molecule has 0 aromatic heterocycles. The van der Waals surface area contributed by atoms with Crippen molar-refractivity contribution in [3.8, 4) is 0 Å². The van der Waals surface area contributed by atoms with Gasteiger partial charge in [0, 0.05) is 45.5 Å². The summed E-state index contributed by atoms with van der Waals surface area (Å²) in [5, 5.41) is 3.65. The molecule has 3 rings (SSSR count). The molecule has 0 amide bonds. The topological polar surface area (TPSA) is 30.9 Å². The van der Waals surface area contributed by atoms with Crippen molar-refractivity contribution in [3.63, 3.8) is 0 Å². The van der Waals surface area contributed by atoms with Crippen molar-refractivity contribution in [2.45, 2.75) is 33.1 Å². The highest BCUT2D eigenvalue weighted by Gasteiger charge is 2.27. The smallest absolute Gasteiger partial charge is 0.193 e. The van der Waals surface area contributed by atoms with Crippen molar-refractivity contribution in [1.82, 2.24) is 10.2 Å². The molecule has 0 radical (unpaired) electrons. The number of nitrogens with zero attached hydrogens (tertiary/aromatic N) is 3. The maximum atomic E-state index is 4.54. The van der Waals surface area contributed by atoms with Gasteiger partial charge >= 0.3 is 0 Å². The first-order chi connectivity index (χ1) is 12.2. The molecule has 2 heterocycles. The van der Waals surface area contributed by atoms with Crippen LogP contribution in [-0.4, -0.2) is 50.6 Å². The third-order valence-electron chi connectivity index (χ3n) is 5.56. The first-order valence-corrected chi connectivity index (χ1v) is 9.91. The standard InChI is InChI=1S/C21H34N4.HI/c1-17(2)13-18-9-12-25(15-18)21(22-3)23-14-19-10-11-24(16-19)20-7-5-4-6-8-20;/h4-8,17-19H,9-16H2,1-3H3,(H,22,23);1H. The van der Waals surface area contributed by atoms with E-state index in [-0.39, 0.29) is 24.0 Å². The lowest BCUT2D eigenvalue weighted by molar-refractivity contribution is 0.401. The van der Waals surface area contributed by atoms with Crippen LogP contribution in [0.3, 0.4) is 0 Å². The number of likely N-dealkylation sites (tertiary alicyclic amines) is 1. The third-order valence-corrected chi connectivity index (χ3v) is 5.56. The van der Waals surface area contributed by atoms with Crippen molar-refractivity contribution in [3.05, 3.63) is 30.3 Å². The fourth-order valence-corrected chi connectivity index (χ4v) is 4.32. The monoisotopic (exact) mass is 470 g/mol. The maximum absolute atomic E-state index is 4.54. The van der Waals surface area contributed by atoms with Gasteiger partial charge in [0.05, 0.1) is 0 Å². The van der Waals surface area contributed by atoms with E-state index in [0.29, 0.717) is 5.92 Å². The van der Waals surface area contributed by atoms with Crippen LogP contribution < -0.4 is 10.2 Å². The molecule has 2 aliphatic heterocycles. The Morgan fingerprint density at radius 1 is 1.12 bits per heavy atom. The zero-order chi connectivity index (χ0) is 17.6. The fourth-order valence-electron chi connectivity index (χ4n) is 4.32. The minimum atomic E-state index is 0. The highest BCUT2D eigenvalue weighted by atomic mass is 127. The molecule has 2 atom stereocenters. The first kappa shape index (κ1) is 21.3. The lowest BCUT2D eigenvalue weighted by Crippen LogP contribution is -2.42. The van der Waals surface area contributed by atoms with Gasteiger partial charge in [0.15, 0.2) is 5.96 Å². The third kappa shape index (κ3) is 5.76. The van der Waals surface area contributed by atoms with Crippen LogP contribution in [0.4, 0.5) is 5.69 Å². The largest absolute Gasteiger partial charge is 0.371 e. The molecule has 2 aliphatic rings. The maximum Gasteiger partial charge on any atom is 0.193 e. The van der Waals surface area contributed by atoms with E-state index in [4.69, 9.17) is 0 Å². The second-order valence-electron chi connectivity index (χ2n) is 8.09. The van der Waals surface area contributed by atoms with E-state index in [0.717, 1.165) is 44.0 Å². The van der Waals surface area contributed by atoms with E-state index in [2.05, 4.69) is 64.3 Å². The van der Waals surface area contributed by atoms with Gasteiger partial charge in [-0.25, -0.2) is 0 Å². The van der Waals surface area contributed by atoms with Crippen molar-refractivity contribution in [2.75, 3.05) is 44.7 Å². The number of rotatable bonds is 5. The van der Waals surface area contributed by atoms with E-state index < -0.39 is 0 Å². The molecular formula is C21H35IN4. The second kappa shape index (κ2) is 10.4. The predicted molar refractivity (Wildman–Crippen MR) is 123 cm³/mol. The molecule has 2 unspecified atom stereocenters. The number of aliphatic imine (C=N–C) groups is 1. The van der Waals surface area contributed by atoms with Crippen LogP contribution in [0.25, 0.3) is 0 Å². The molecular weight excluding hydrogens is 435 g/mol. The molecule has 146 valence electrons. The lowest BCUT2D eigenvalue weighted by Gasteiger charge is -2.24. The van der Waals surface area contributed by atoms with Gasteiger partial charge in [-0.1, -0.05) is 32.0 Å². The van der Waals surface area contributed by atoms with Crippen molar-refractivity contribution in [1.29, 1.82) is 0 Å². The molecule has 0 aliphatic carbocycles. The van der Waals surface area contributed by atoms with Gasteiger partial charge in [-0.05, 0) is 49.1 Å². The van der Waals surface area contributed by atoms with Crippen LogP contribution >= 0.6 is 24.0 Å². The highest BCUT2D eigenvalue weighted by Crippen LogP contribution is 2.24. The van der Waals surface area contributed by atoms with Gasteiger partial charge in [0.25, 0.3) is 0 Å². The summed E-state index contributed by atoms with van der Waals surface area (Å²) in [7, 11) is 1.92. The van der Waals surface area contributed by atoms with Crippen molar-refractivity contribution in [2.24, 2.45) is 22.7 Å². The molecule has 0 spiro atoms. The highest BCUT2D eigenvalue weighted by molar-refractivity contribution is 14.0. The van der Waals surface area contributed by atoms with Gasteiger partial charge in [-0.2, -0.15) is 0 Å². The molecule has 2 fully saturated rings. The van der Waals surface area contributed by atoms with Gasteiger partial charge in [-0.15, -0.1) is 24.0 Å². The SMILES string of the molecule is CN=C(NCC1CCN(c2ccccc2)C1)N1CCC(CC(C)C)C1.I. The van der Waals surface area contributed by atoms with Crippen LogP contribution in [0.2, 0.25) is 0 Å². The van der Waals surface area contributed by atoms with Crippen LogP contribution in [0, 0.1) is 17.8 Å². The van der Waals surface area contributed by atoms with Gasteiger partial charge < -0.3 is 15.1 Å². The van der Waals surface area contributed by atoms with E-state index in [1.54, 1.807) is 0 Å². The number of hydrogen-bond donors (Lipinski definition) is 1. The average molecular weight is 470 g/mol. The van der Waals surface area contributed by atoms with Crippen LogP contribution in [0.15, 0.2) is 35.3 Å². The fraction of sp³-hybridized carbons (Fsp3) is 0.667. The summed E-state index contributed by atoms with van der Waals surface area (Å²) < 4.78 is 0. The Hall–Kier alpha value is -0.980. The second-order valence-corrected chi connectivity index (χ2v) is 8.09. The summed E-state index contributed by atoms with van der Waals surface area (Å²) in [6.07, 6.45) is 3.90. The summed E-state index contributed by atoms with van der Waals surface area (Å²) in [6, 6.07) is 10.8. The molecule has 0 saturated carbocycles. The Bertz CT molecular complexity index is 560. The van der Waals surface area contributed by atoms with Crippen molar-refractivity contribution < 1.29 is 0 Å². The number of anilines is 1. The average Bonchev–Trinajstić information content (AvgIpc) is 3.26. The van der Waals surface area contributed by atoms with E-state index in [1.807, 2.05) is 7.05 Å².